The maximum Gasteiger partial charge on any atom is 0.0384 e. The molecule has 86 valence electrons. The van der Waals surface area contributed by atoms with E-state index in [-0.39, 0.29) is 0 Å². The SMILES string of the molecule is C=CCc1ccc(Nc2ccc(Br)cc2)cc1. The second-order valence-electron chi connectivity index (χ2n) is 3.82. The van der Waals surface area contributed by atoms with Crippen LogP contribution in [0.25, 0.3) is 0 Å². The Morgan fingerprint density at radius 3 is 2.00 bits per heavy atom. The molecule has 0 aromatic heterocycles. The average Bonchev–Trinajstić information content (AvgIpc) is 2.35. The smallest absolute Gasteiger partial charge is 0.0384 e. The van der Waals surface area contributed by atoms with Gasteiger partial charge in [0, 0.05) is 15.8 Å². The quantitative estimate of drug-likeness (QED) is 0.787. The van der Waals surface area contributed by atoms with E-state index in [1.165, 1.54) is 5.56 Å². The van der Waals surface area contributed by atoms with Crippen LogP contribution in [0.3, 0.4) is 0 Å². The number of hydrogen-bond donors (Lipinski definition) is 1. The predicted molar refractivity (Wildman–Crippen MR) is 77.8 cm³/mol. The molecule has 2 aromatic rings. The van der Waals surface area contributed by atoms with E-state index in [2.05, 4.69) is 52.1 Å². The molecule has 0 amide bonds. The Balaban J connectivity index is 2.08. The summed E-state index contributed by atoms with van der Waals surface area (Å²) >= 11 is 3.42. The fraction of sp³-hybridized carbons (Fsp3) is 0.0667. The molecule has 0 aliphatic rings. The summed E-state index contributed by atoms with van der Waals surface area (Å²) in [5, 5.41) is 3.35. The lowest BCUT2D eigenvalue weighted by molar-refractivity contribution is 1.28. The molecule has 0 atom stereocenters. The van der Waals surface area contributed by atoms with Crippen LogP contribution in [0.1, 0.15) is 5.56 Å². The standard InChI is InChI=1S/C15H14BrN/c1-2-3-12-4-8-14(9-5-12)17-15-10-6-13(16)7-11-15/h2,4-11,17H,1,3H2. The summed E-state index contributed by atoms with van der Waals surface area (Å²) in [6, 6.07) is 16.5. The Hall–Kier alpha value is -1.54. The first-order valence-electron chi connectivity index (χ1n) is 5.50. The van der Waals surface area contributed by atoms with Crippen molar-refractivity contribution in [1.82, 2.24) is 0 Å². The molecule has 0 bridgehead atoms. The first-order valence-corrected chi connectivity index (χ1v) is 6.29. The van der Waals surface area contributed by atoms with E-state index in [1.807, 2.05) is 30.3 Å². The molecular formula is C15H14BrN. The maximum atomic E-state index is 3.73. The van der Waals surface area contributed by atoms with E-state index in [9.17, 15) is 0 Å². The summed E-state index contributed by atoms with van der Waals surface area (Å²) < 4.78 is 1.09. The Bertz CT molecular complexity index is 485. The van der Waals surface area contributed by atoms with E-state index >= 15 is 0 Å². The minimum Gasteiger partial charge on any atom is -0.356 e. The van der Waals surface area contributed by atoms with Gasteiger partial charge in [0.15, 0.2) is 0 Å². The highest BCUT2D eigenvalue weighted by molar-refractivity contribution is 9.10. The summed E-state index contributed by atoms with van der Waals surface area (Å²) in [4.78, 5) is 0. The Morgan fingerprint density at radius 1 is 0.941 bits per heavy atom. The van der Waals surface area contributed by atoms with Gasteiger partial charge in [-0.25, -0.2) is 0 Å². The summed E-state index contributed by atoms with van der Waals surface area (Å²) in [5.41, 5.74) is 3.46. The molecule has 0 saturated carbocycles. The second-order valence-corrected chi connectivity index (χ2v) is 4.74. The van der Waals surface area contributed by atoms with Gasteiger partial charge in [-0.05, 0) is 48.4 Å². The number of nitrogens with one attached hydrogen (secondary N) is 1. The summed E-state index contributed by atoms with van der Waals surface area (Å²) in [6.45, 7) is 3.73. The van der Waals surface area contributed by atoms with Crippen molar-refractivity contribution in [3.63, 3.8) is 0 Å². The van der Waals surface area contributed by atoms with E-state index in [1.54, 1.807) is 0 Å². The first kappa shape index (κ1) is 11.9. The van der Waals surface area contributed by atoms with Crippen LogP contribution in [-0.4, -0.2) is 0 Å². The molecule has 2 heteroatoms. The van der Waals surface area contributed by atoms with E-state index in [0.29, 0.717) is 0 Å². The highest BCUT2D eigenvalue weighted by atomic mass is 79.9. The largest absolute Gasteiger partial charge is 0.356 e. The minimum atomic E-state index is 0.915. The number of benzene rings is 2. The number of rotatable bonds is 4. The zero-order chi connectivity index (χ0) is 12.1. The molecule has 1 nitrogen and oxygen atoms in total. The van der Waals surface area contributed by atoms with Crippen LogP contribution >= 0.6 is 15.9 Å². The molecule has 1 N–H and O–H groups in total. The lowest BCUT2D eigenvalue weighted by atomic mass is 10.1. The molecule has 0 radical (unpaired) electrons. The lowest BCUT2D eigenvalue weighted by Gasteiger charge is -2.07. The van der Waals surface area contributed by atoms with Gasteiger partial charge < -0.3 is 5.32 Å². The third-order valence-corrected chi connectivity index (χ3v) is 3.00. The number of allylic oxidation sites excluding steroid dienone is 1. The Morgan fingerprint density at radius 2 is 1.47 bits per heavy atom. The van der Waals surface area contributed by atoms with Gasteiger partial charge in [0.1, 0.15) is 0 Å². The van der Waals surface area contributed by atoms with Crippen molar-refractivity contribution >= 4 is 27.3 Å². The zero-order valence-electron chi connectivity index (χ0n) is 9.49. The fourth-order valence-electron chi connectivity index (χ4n) is 1.59. The molecule has 0 aliphatic heterocycles. The zero-order valence-corrected chi connectivity index (χ0v) is 11.1. The van der Waals surface area contributed by atoms with Crippen LogP contribution in [0.5, 0.6) is 0 Å². The van der Waals surface area contributed by atoms with E-state index in [4.69, 9.17) is 0 Å². The molecule has 0 fully saturated rings. The average molecular weight is 288 g/mol. The number of halogens is 1. The third-order valence-electron chi connectivity index (χ3n) is 2.47. The topological polar surface area (TPSA) is 12.0 Å². The summed E-state index contributed by atoms with van der Waals surface area (Å²) in [7, 11) is 0. The minimum absolute atomic E-state index is 0.915. The van der Waals surface area contributed by atoms with Crippen LogP contribution in [0.15, 0.2) is 65.7 Å². The molecule has 17 heavy (non-hydrogen) atoms. The maximum absolute atomic E-state index is 3.73. The number of anilines is 2. The van der Waals surface area contributed by atoms with Crippen LogP contribution in [0.4, 0.5) is 11.4 Å². The molecule has 0 saturated heterocycles. The Kier molecular flexibility index (Phi) is 3.99. The van der Waals surface area contributed by atoms with Gasteiger partial charge in [-0.3, -0.25) is 0 Å². The molecule has 0 spiro atoms. The van der Waals surface area contributed by atoms with Gasteiger partial charge in [-0.2, -0.15) is 0 Å². The van der Waals surface area contributed by atoms with Crippen LogP contribution in [0.2, 0.25) is 0 Å². The van der Waals surface area contributed by atoms with Gasteiger partial charge in [0.05, 0.1) is 0 Å². The van der Waals surface area contributed by atoms with E-state index in [0.717, 1.165) is 22.3 Å². The normalized spacial score (nSPS) is 9.94. The van der Waals surface area contributed by atoms with E-state index < -0.39 is 0 Å². The predicted octanol–water partition coefficient (Wildman–Crippen LogP) is 4.92. The molecule has 2 rings (SSSR count). The monoisotopic (exact) mass is 287 g/mol. The highest BCUT2D eigenvalue weighted by Gasteiger charge is 1.95. The van der Waals surface area contributed by atoms with Crippen molar-refractivity contribution in [1.29, 1.82) is 0 Å². The van der Waals surface area contributed by atoms with Crippen LogP contribution in [0, 0.1) is 0 Å². The molecule has 2 aromatic carbocycles. The van der Waals surface area contributed by atoms with Crippen LogP contribution < -0.4 is 5.32 Å². The van der Waals surface area contributed by atoms with Gasteiger partial charge in [-0.1, -0.05) is 34.1 Å². The summed E-state index contributed by atoms with van der Waals surface area (Å²) in [6.07, 6.45) is 2.83. The molecule has 0 heterocycles. The first-order chi connectivity index (χ1) is 8.28. The van der Waals surface area contributed by atoms with Gasteiger partial charge >= 0.3 is 0 Å². The van der Waals surface area contributed by atoms with Crippen molar-refractivity contribution in [3.8, 4) is 0 Å². The summed E-state index contributed by atoms with van der Waals surface area (Å²) in [5.74, 6) is 0. The van der Waals surface area contributed by atoms with Crippen molar-refractivity contribution in [3.05, 3.63) is 71.2 Å². The van der Waals surface area contributed by atoms with Crippen LogP contribution in [-0.2, 0) is 6.42 Å². The van der Waals surface area contributed by atoms with Gasteiger partial charge in [-0.15, -0.1) is 6.58 Å². The molecule has 0 aliphatic carbocycles. The molecule has 0 unspecified atom stereocenters. The number of hydrogen-bond acceptors (Lipinski definition) is 1. The third kappa shape index (κ3) is 3.46. The van der Waals surface area contributed by atoms with Crippen molar-refractivity contribution in [2.45, 2.75) is 6.42 Å². The van der Waals surface area contributed by atoms with Gasteiger partial charge in [0.2, 0.25) is 0 Å². The molecular weight excluding hydrogens is 274 g/mol. The van der Waals surface area contributed by atoms with Crippen molar-refractivity contribution in [2.24, 2.45) is 0 Å². The van der Waals surface area contributed by atoms with Crippen molar-refractivity contribution in [2.75, 3.05) is 5.32 Å². The highest BCUT2D eigenvalue weighted by Crippen LogP contribution is 2.19. The van der Waals surface area contributed by atoms with Crippen molar-refractivity contribution < 1.29 is 0 Å². The van der Waals surface area contributed by atoms with Gasteiger partial charge in [0.25, 0.3) is 0 Å². The second kappa shape index (κ2) is 5.69. The Labute approximate surface area is 110 Å². The fourth-order valence-corrected chi connectivity index (χ4v) is 1.86. The lowest BCUT2D eigenvalue weighted by Crippen LogP contribution is -1.90.